The van der Waals surface area contributed by atoms with Crippen molar-refractivity contribution in [1.29, 1.82) is 5.26 Å². The van der Waals surface area contributed by atoms with Crippen LogP contribution in [0.25, 0.3) is 0 Å². The molecular formula is C14H10ClIN2. The predicted octanol–water partition coefficient (Wildman–Crippen LogP) is 4.43. The van der Waals surface area contributed by atoms with Gasteiger partial charge >= 0.3 is 0 Å². The molecular weight excluding hydrogens is 359 g/mol. The van der Waals surface area contributed by atoms with Crippen molar-refractivity contribution in [3.8, 4) is 6.07 Å². The Hall–Kier alpha value is -1.25. The lowest BCUT2D eigenvalue weighted by Crippen LogP contribution is -2.00. The molecule has 0 unspecified atom stereocenters. The van der Waals surface area contributed by atoms with E-state index in [2.05, 4.69) is 58.2 Å². The Bertz CT molecular complexity index is 588. The SMILES string of the molecule is N#Cc1ccc(Cl)c(NCc2ccc(I)cc2)c1. The van der Waals surface area contributed by atoms with Gasteiger partial charge < -0.3 is 5.32 Å². The van der Waals surface area contributed by atoms with Crippen LogP contribution in [-0.2, 0) is 6.54 Å². The molecule has 0 atom stereocenters. The van der Waals surface area contributed by atoms with E-state index in [9.17, 15) is 0 Å². The molecule has 4 heteroatoms. The van der Waals surface area contributed by atoms with Gasteiger partial charge in [-0.25, -0.2) is 0 Å². The number of hydrogen-bond acceptors (Lipinski definition) is 2. The monoisotopic (exact) mass is 368 g/mol. The quantitative estimate of drug-likeness (QED) is 0.814. The Morgan fingerprint density at radius 2 is 1.89 bits per heavy atom. The van der Waals surface area contributed by atoms with Crippen LogP contribution in [0.2, 0.25) is 5.02 Å². The maximum absolute atomic E-state index is 8.85. The molecule has 0 aliphatic rings. The van der Waals surface area contributed by atoms with Gasteiger partial charge in [0.05, 0.1) is 22.3 Å². The summed E-state index contributed by atoms with van der Waals surface area (Å²) in [6.07, 6.45) is 0. The lowest BCUT2D eigenvalue weighted by molar-refractivity contribution is 1.15. The second-order valence-electron chi connectivity index (χ2n) is 3.79. The molecule has 0 fully saturated rings. The van der Waals surface area contributed by atoms with Gasteiger partial charge in [-0.05, 0) is 58.5 Å². The highest BCUT2D eigenvalue weighted by molar-refractivity contribution is 14.1. The van der Waals surface area contributed by atoms with Gasteiger partial charge in [-0.1, -0.05) is 23.7 Å². The Morgan fingerprint density at radius 3 is 2.56 bits per heavy atom. The van der Waals surface area contributed by atoms with E-state index in [1.54, 1.807) is 18.2 Å². The van der Waals surface area contributed by atoms with Crippen LogP contribution >= 0.6 is 34.2 Å². The number of rotatable bonds is 3. The van der Waals surface area contributed by atoms with Crippen LogP contribution in [0.15, 0.2) is 42.5 Å². The summed E-state index contributed by atoms with van der Waals surface area (Å²) >= 11 is 8.35. The van der Waals surface area contributed by atoms with Crippen molar-refractivity contribution in [2.45, 2.75) is 6.54 Å². The van der Waals surface area contributed by atoms with Crippen LogP contribution in [0.1, 0.15) is 11.1 Å². The second-order valence-corrected chi connectivity index (χ2v) is 5.44. The summed E-state index contributed by atoms with van der Waals surface area (Å²) in [4.78, 5) is 0. The zero-order valence-electron chi connectivity index (χ0n) is 9.45. The van der Waals surface area contributed by atoms with Crippen molar-refractivity contribution in [3.05, 3.63) is 62.2 Å². The van der Waals surface area contributed by atoms with Gasteiger partial charge in [0, 0.05) is 10.1 Å². The largest absolute Gasteiger partial charge is 0.380 e. The fourth-order valence-electron chi connectivity index (χ4n) is 1.53. The first-order valence-corrected chi connectivity index (χ1v) is 6.82. The second kappa shape index (κ2) is 6.07. The molecule has 90 valence electrons. The fourth-order valence-corrected chi connectivity index (χ4v) is 2.07. The van der Waals surface area contributed by atoms with Crippen molar-refractivity contribution in [1.82, 2.24) is 0 Å². The van der Waals surface area contributed by atoms with Gasteiger partial charge in [0.25, 0.3) is 0 Å². The molecule has 2 rings (SSSR count). The summed E-state index contributed by atoms with van der Waals surface area (Å²) in [5, 5.41) is 12.7. The third kappa shape index (κ3) is 3.37. The highest BCUT2D eigenvalue weighted by Gasteiger charge is 2.01. The van der Waals surface area contributed by atoms with Crippen LogP contribution in [0.5, 0.6) is 0 Å². The fraction of sp³-hybridized carbons (Fsp3) is 0.0714. The van der Waals surface area contributed by atoms with Crippen LogP contribution in [0.3, 0.4) is 0 Å². The molecule has 0 spiro atoms. The van der Waals surface area contributed by atoms with E-state index in [0.717, 1.165) is 5.69 Å². The third-order valence-corrected chi connectivity index (χ3v) is 3.54. The van der Waals surface area contributed by atoms with E-state index >= 15 is 0 Å². The highest BCUT2D eigenvalue weighted by Crippen LogP contribution is 2.23. The van der Waals surface area contributed by atoms with Gasteiger partial charge in [0.15, 0.2) is 0 Å². The molecule has 18 heavy (non-hydrogen) atoms. The first kappa shape index (κ1) is 13.2. The topological polar surface area (TPSA) is 35.8 Å². The molecule has 1 N–H and O–H groups in total. The van der Waals surface area contributed by atoms with Crippen LogP contribution < -0.4 is 5.32 Å². The molecule has 0 heterocycles. The number of anilines is 1. The number of halogens is 2. The zero-order chi connectivity index (χ0) is 13.0. The van der Waals surface area contributed by atoms with E-state index in [1.165, 1.54) is 9.13 Å². The minimum atomic E-state index is 0.601. The molecule has 0 amide bonds. The van der Waals surface area contributed by atoms with E-state index in [-0.39, 0.29) is 0 Å². The van der Waals surface area contributed by atoms with Gasteiger partial charge in [-0.3, -0.25) is 0 Å². The van der Waals surface area contributed by atoms with Crippen LogP contribution in [0.4, 0.5) is 5.69 Å². The van der Waals surface area contributed by atoms with Crippen molar-refractivity contribution in [2.24, 2.45) is 0 Å². The Balaban J connectivity index is 2.10. The van der Waals surface area contributed by atoms with Crippen molar-refractivity contribution < 1.29 is 0 Å². The molecule has 2 nitrogen and oxygen atoms in total. The van der Waals surface area contributed by atoms with E-state index in [1.807, 2.05) is 0 Å². The van der Waals surface area contributed by atoms with Crippen molar-refractivity contribution in [2.75, 3.05) is 5.32 Å². The minimum absolute atomic E-state index is 0.601. The standard InChI is InChI=1S/C14H10ClIN2/c15-13-6-3-11(8-17)7-14(13)18-9-10-1-4-12(16)5-2-10/h1-7,18H,9H2. The highest BCUT2D eigenvalue weighted by atomic mass is 127. The molecule has 0 aromatic heterocycles. The van der Waals surface area contributed by atoms with Gasteiger partial charge in [0.2, 0.25) is 0 Å². The Morgan fingerprint density at radius 1 is 1.17 bits per heavy atom. The number of nitrogens with one attached hydrogen (secondary N) is 1. The molecule has 2 aromatic rings. The smallest absolute Gasteiger partial charge is 0.0992 e. The maximum Gasteiger partial charge on any atom is 0.0992 e. The van der Waals surface area contributed by atoms with Crippen molar-refractivity contribution >= 4 is 39.9 Å². The molecule has 0 bridgehead atoms. The van der Waals surface area contributed by atoms with E-state index in [4.69, 9.17) is 16.9 Å². The number of nitrogens with zero attached hydrogens (tertiary/aromatic N) is 1. The lowest BCUT2D eigenvalue weighted by atomic mass is 10.2. The first-order chi connectivity index (χ1) is 8.69. The first-order valence-electron chi connectivity index (χ1n) is 5.37. The predicted molar refractivity (Wildman–Crippen MR) is 82.7 cm³/mol. The number of nitriles is 1. The average molecular weight is 369 g/mol. The number of hydrogen-bond donors (Lipinski definition) is 1. The van der Waals surface area contributed by atoms with Gasteiger partial charge in [-0.2, -0.15) is 5.26 Å². The zero-order valence-corrected chi connectivity index (χ0v) is 12.4. The van der Waals surface area contributed by atoms with E-state index in [0.29, 0.717) is 17.1 Å². The lowest BCUT2D eigenvalue weighted by Gasteiger charge is -2.08. The van der Waals surface area contributed by atoms with Gasteiger partial charge in [0.1, 0.15) is 0 Å². The molecule has 0 aliphatic carbocycles. The molecule has 0 radical (unpaired) electrons. The van der Waals surface area contributed by atoms with Crippen molar-refractivity contribution in [3.63, 3.8) is 0 Å². The molecule has 2 aromatic carbocycles. The summed E-state index contributed by atoms with van der Waals surface area (Å²) in [5.74, 6) is 0. The van der Waals surface area contributed by atoms with E-state index < -0.39 is 0 Å². The summed E-state index contributed by atoms with van der Waals surface area (Å²) in [5.41, 5.74) is 2.56. The normalized spacial score (nSPS) is 9.83. The van der Waals surface area contributed by atoms with Crippen LogP contribution in [0, 0.1) is 14.9 Å². The van der Waals surface area contributed by atoms with Crippen LogP contribution in [-0.4, -0.2) is 0 Å². The summed E-state index contributed by atoms with van der Waals surface area (Å²) in [6, 6.07) is 15.6. The third-order valence-electron chi connectivity index (χ3n) is 2.49. The maximum atomic E-state index is 8.85. The molecule has 0 saturated carbocycles. The Kier molecular flexibility index (Phi) is 4.45. The molecule has 0 saturated heterocycles. The minimum Gasteiger partial charge on any atom is -0.380 e. The van der Waals surface area contributed by atoms with Gasteiger partial charge in [-0.15, -0.1) is 0 Å². The molecule has 0 aliphatic heterocycles. The summed E-state index contributed by atoms with van der Waals surface area (Å²) in [7, 11) is 0. The summed E-state index contributed by atoms with van der Waals surface area (Å²) < 4.78 is 1.21. The summed E-state index contributed by atoms with van der Waals surface area (Å²) in [6.45, 7) is 0.686. The Labute approximate surface area is 125 Å². The average Bonchev–Trinajstić information content (AvgIpc) is 2.40. The number of benzene rings is 2.